The molecule has 0 amide bonds. The van der Waals surface area contributed by atoms with Crippen LogP contribution in [-0.2, 0) is 0 Å². The van der Waals surface area contributed by atoms with Gasteiger partial charge in [-0.1, -0.05) is 24.3 Å². The number of para-hydroxylation sites is 1. The van der Waals surface area contributed by atoms with Crippen LogP contribution in [0.1, 0.15) is 0 Å². The number of nitrogens with one attached hydrogen (secondary N) is 1. The number of pyridine rings is 1. The summed E-state index contributed by atoms with van der Waals surface area (Å²) in [6, 6.07) is 18.4. The fourth-order valence-electron chi connectivity index (χ4n) is 2.86. The highest BCUT2D eigenvalue weighted by Gasteiger charge is 2.10. The molecule has 0 bridgehead atoms. The van der Waals surface area contributed by atoms with Gasteiger partial charge in [-0.25, -0.2) is 4.98 Å². The van der Waals surface area contributed by atoms with Gasteiger partial charge in [0.05, 0.1) is 19.0 Å². The van der Waals surface area contributed by atoms with Crippen molar-refractivity contribution in [1.29, 1.82) is 0 Å². The second-order valence-corrected chi connectivity index (χ2v) is 5.52. The van der Waals surface area contributed by atoms with Gasteiger partial charge in [0.15, 0.2) is 0 Å². The molecule has 0 unspecified atom stereocenters. The maximum absolute atomic E-state index is 5.31. The summed E-state index contributed by atoms with van der Waals surface area (Å²) in [4.78, 5) is 10.0. The second kappa shape index (κ2) is 5.32. The molecule has 0 spiro atoms. The van der Waals surface area contributed by atoms with E-state index in [0.717, 1.165) is 33.7 Å². The van der Waals surface area contributed by atoms with Crippen LogP contribution in [-0.4, -0.2) is 24.1 Å². The van der Waals surface area contributed by atoms with Crippen LogP contribution in [0.2, 0.25) is 0 Å². The van der Waals surface area contributed by atoms with Crippen LogP contribution >= 0.6 is 0 Å². The van der Waals surface area contributed by atoms with Gasteiger partial charge < -0.3 is 14.6 Å². The lowest BCUT2D eigenvalue weighted by atomic mass is 10.2. The average molecular weight is 303 g/mol. The number of anilines is 2. The molecule has 1 N–H and O–H groups in total. The zero-order valence-electron chi connectivity index (χ0n) is 13.1. The number of aromatic nitrogens is 2. The quantitative estimate of drug-likeness (QED) is 0.606. The van der Waals surface area contributed by atoms with E-state index in [2.05, 4.69) is 39.1 Å². The number of aromatic amines is 1. The fraction of sp³-hybridized carbons (Fsp3) is 0.105. The summed E-state index contributed by atoms with van der Waals surface area (Å²) >= 11 is 0. The highest BCUT2D eigenvalue weighted by Crippen LogP contribution is 2.31. The van der Waals surface area contributed by atoms with Crippen LogP contribution in [0.25, 0.3) is 21.9 Å². The Labute approximate surface area is 134 Å². The summed E-state index contributed by atoms with van der Waals surface area (Å²) in [5.74, 6) is 0.843. The number of hydrogen-bond acceptors (Lipinski definition) is 3. The number of hydrogen-bond donors (Lipinski definition) is 1. The summed E-state index contributed by atoms with van der Waals surface area (Å²) in [6.45, 7) is 0. The third kappa shape index (κ3) is 2.28. The van der Waals surface area contributed by atoms with Crippen LogP contribution in [0, 0.1) is 0 Å². The van der Waals surface area contributed by atoms with Gasteiger partial charge in [-0.15, -0.1) is 0 Å². The number of H-pyrrole nitrogens is 1. The van der Waals surface area contributed by atoms with Crippen LogP contribution in [0.3, 0.4) is 0 Å². The van der Waals surface area contributed by atoms with Gasteiger partial charge in [0.1, 0.15) is 11.4 Å². The lowest BCUT2D eigenvalue weighted by Gasteiger charge is -2.19. The van der Waals surface area contributed by atoms with Crippen molar-refractivity contribution >= 4 is 33.3 Å². The van der Waals surface area contributed by atoms with Crippen molar-refractivity contribution in [1.82, 2.24) is 9.97 Å². The molecule has 4 nitrogen and oxygen atoms in total. The largest absolute Gasteiger partial charge is 0.497 e. The number of fused-ring (bicyclic) bond motifs is 3. The maximum atomic E-state index is 5.31. The average Bonchev–Trinajstić information content (AvgIpc) is 2.99. The molecule has 0 saturated heterocycles. The Morgan fingerprint density at radius 3 is 2.70 bits per heavy atom. The molecule has 114 valence electrons. The molecule has 2 aromatic heterocycles. The molecule has 4 rings (SSSR count). The molecule has 2 aromatic carbocycles. The zero-order valence-corrected chi connectivity index (χ0v) is 13.1. The first-order valence-corrected chi connectivity index (χ1v) is 7.50. The third-order valence-corrected chi connectivity index (χ3v) is 4.17. The summed E-state index contributed by atoms with van der Waals surface area (Å²) < 4.78 is 5.31. The minimum atomic E-state index is 0.843. The molecule has 0 aliphatic rings. The van der Waals surface area contributed by atoms with Crippen molar-refractivity contribution in [3.05, 3.63) is 60.8 Å². The maximum Gasteiger partial charge on any atom is 0.138 e. The van der Waals surface area contributed by atoms with Crippen LogP contribution < -0.4 is 9.64 Å². The normalized spacial score (nSPS) is 11.0. The lowest BCUT2D eigenvalue weighted by molar-refractivity contribution is 0.415. The third-order valence-electron chi connectivity index (χ3n) is 4.17. The molecule has 0 fully saturated rings. The van der Waals surface area contributed by atoms with E-state index in [9.17, 15) is 0 Å². The van der Waals surface area contributed by atoms with E-state index in [1.54, 1.807) is 7.11 Å². The smallest absolute Gasteiger partial charge is 0.138 e. The number of benzene rings is 2. The molecule has 0 radical (unpaired) electrons. The standard InChI is InChI=1S/C19H17N3O/c1-22(13-6-5-7-15(10-13)23-2)14-11-17-16-8-3-4-9-18(16)21-19(17)20-12-14/h3-12H,1-2H3,(H,20,21). The van der Waals surface area contributed by atoms with Crippen molar-refractivity contribution < 1.29 is 4.74 Å². The predicted octanol–water partition coefficient (Wildman–Crippen LogP) is 4.49. The lowest BCUT2D eigenvalue weighted by Crippen LogP contribution is -2.09. The Morgan fingerprint density at radius 1 is 0.957 bits per heavy atom. The summed E-state index contributed by atoms with van der Waals surface area (Å²) in [5.41, 5.74) is 4.12. The molecule has 4 aromatic rings. The summed E-state index contributed by atoms with van der Waals surface area (Å²) in [5, 5.41) is 2.32. The Balaban J connectivity index is 1.82. The van der Waals surface area contributed by atoms with Gasteiger partial charge in [0, 0.05) is 35.1 Å². The SMILES string of the molecule is COc1cccc(N(C)c2cnc3[nH]c4ccccc4c3c2)c1. The Kier molecular flexibility index (Phi) is 3.15. The first kappa shape index (κ1) is 13.6. The van der Waals surface area contributed by atoms with E-state index in [1.807, 2.05) is 43.6 Å². The van der Waals surface area contributed by atoms with Gasteiger partial charge in [0.25, 0.3) is 0 Å². The van der Waals surface area contributed by atoms with E-state index in [4.69, 9.17) is 4.74 Å². The predicted molar refractivity (Wildman–Crippen MR) is 94.7 cm³/mol. The Hall–Kier alpha value is -3.01. The first-order valence-electron chi connectivity index (χ1n) is 7.50. The minimum Gasteiger partial charge on any atom is -0.497 e. The fourth-order valence-corrected chi connectivity index (χ4v) is 2.86. The summed E-state index contributed by atoms with van der Waals surface area (Å²) in [7, 11) is 3.71. The van der Waals surface area contributed by atoms with Gasteiger partial charge >= 0.3 is 0 Å². The van der Waals surface area contributed by atoms with Crippen LogP contribution in [0.4, 0.5) is 11.4 Å². The molecule has 0 saturated carbocycles. The minimum absolute atomic E-state index is 0.843. The van der Waals surface area contributed by atoms with Gasteiger partial charge in [-0.3, -0.25) is 0 Å². The first-order chi connectivity index (χ1) is 11.3. The van der Waals surface area contributed by atoms with Crippen molar-refractivity contribution in [2.24, 2.45) is 0 Å². The molecule has 0 aliphatic heterocycles. The highest BCUT2D eigenvalue weighted by atomic mass is 16.5. The van der Waals surface area contributed by atoms with Gasteiger partial charge in [-0.2, -0.15) is 0 Å². The van der Waals surface area contributed by atoms with Crippen LogP contribution in [0.5, 0.6) is 5.75 Å². The highest BCUT2D eigenvalue weighted by molar-refractivity contribution is 6.06. The molecule has 23 heavy (non-hydrogen) atoms. The number of nitrogens with zero attached hydrogens (tertiary/aromatic N) is 2. The molecular weight excluding hydrogens is 286 g/mol. The van der Waals surface area contributed by atoms with Crippen molar-refractivity contribution in [3.8, 4) is 5.75 Å². The Morgan fingerprint density at radius 2 is 1.83 bits per heavy atom. The van der Waals surface area contributed by atoms with E-state index in [0.29, 0.717) is 0 Å². The van der Waals surface area contributed by atoms with Crippen molar-refractivity contribution in [2.45, 2.75) is 0 Å². The summed E-state index contributed by atoms with van der Waals surface area (Å²) in [6.07, 6.45) is 1.89. The van der Waals surface area contributed by atoms with E-state index < -0.39 is 0 Å². The molecule has 4 heteroatoms. The number of rotatable bonds is 3. The molecule has 0 atom stereocenters. The topological polar surface area (TPSA) is 41.1 Å². The van der Waals surface area contributed by atoms with Crippen molar-refractivity contribution in [3.63, 3.8) is 0 Å². The molecule has 2 heterocycles. The monoisotopic (exact) mass is 303 g/mol. The van der Waals surface area contributed by atoms with Crippen molar-refractivity contribution in [2.75, 3.05) is 19.1 Å². The number of methoxy groups -OCH3 is 1. The van der Waals surface area contributed by atoms with Gasteiger partial charge in [-0.05, 0) is 24.3 Å². The van der Waals surface area contributed by atoms with E-state index in [1.165, 1.54) is 5.39 Å². The molecular formula is C19H17N3O. The zero-order chi connectivity index (χ0) is 15.8. The second-order valence-electron chi connectivity index (χ2n) is 5.52. The Bertz CT molecular complexity index is 990. The molecule has 0 aliphatic carbocycles. The number of ether oxygens (including phenoxy) is 1. The van der Waals surface area contributed by atoms with Gasteiger partial charge in [0.2, 0.25) is 0 Å². The van der Waals surface area contributed by atoms with E-state index >= 15 is 0 Å². The van der Waals surface area contributed by atoms with Crippen LogP contribution in [0.15, 0.2) is 60.8 Å². The van der Waals surface area contributed by atoms with E-state index in [-0.39, 0.29) is 0 Å².